The molecule has 1 aromatic rings. The van der Waals surface area contributed by atoms with Gasteiger partial charge in [0, 0.05) is 5.54 Å². The molecular formula is C15H21NO3. The lowest BCUT2D eigenvalue weighted by atomic mass is 10.1. The number of carbonyl (C=O) groups excluding carboxylic acids is 2. The zero-order valence-corrected chi connectivity index (χ0v) is 11.7. The maximum absolute atomic E-state index is 11.5. The number of benzene rings is 1. The van der Waals surface area contributed by atoms with Crippen LogP contribution in [0.5, 0.6) is 0 Å². The van der Waals surface area contributed by atoms with E-state index in [-0.39, 0.29) is 30.3 Å². The molecule has 0 heterocycles. The minimum absolute atomic E-state index is 0.0353. The van der Waals surface area contributed by atoms with Gasteiger partial charge in [-0.25, -0.2) is 0 Å². The van der Waals surface area contributed by atoms with Crippen LogP contribution in [0.1, 0.15) is 32.8 Å². The molecule has 0 aliphatic rings. The van der Waals surface area contributed by atoms with E-state index in [2.05, 4.69) is 5.32 Å². The molecule has 104 valence electrons. The summed E-state index contributed by atoms with van der Waals surface area (Å²) >= 11 is 0. The third-order valence-electron chi connectivity index (χ3n) is 2.25. The zero-order chi connectivity index (χ0) is 14.3. The smallest absolute Gasteiger partial charge is 0.227 e. The van der Waals surface area contributed by atoms with Crippen LogP contribution in [0, 0.1) is 0 Å². The summed E-state index contributed by atoms with van der Waals surface area (Å²) in [7, 11) is 0. The van der Waals surface area contributed by atoms with Crippen molar-refractivity contribution in [1.29, 1.82) is 0 Å². The van der Waals surface area contributed by atoms with Crippen molar-refractivity contribution in [2.75, 3.05) is 6.61 Å². The zero-order valence-electron chi connectivity index (χ0n) is 11.7. The molecule has 0 spiro atoms. The Morgan fingerprint density at radius 3 is 2.37 bits per heavy atom. The molecule has 0 radical (unpaired) electrons. The van der Waals surface area contributed by atoms with E-state index in [9.17, 15) is 9.59 Å². The van der Waals surface area contributed by atoms with Gasteiger partial charge in [0.2, 0.25) is 5.91 Å². The topological polar surface area (TPSA) is 55.4 Å². The predicted molar refractivity (Wildman–Crippen MR) is 73.6 cm³/mol. The van der Waals surface area contributed by atoms with Crippen molar-refractivity contribution in [3.8, 4) is 0 Å². The number of rotatable bonds is 6. The first-order chi connectivity index (χ1) is 8.87. The van der Waals surface area contributed by atoms with Crippen molar-refractivity contribution in [2.24, 2.45) is 0 Å². The van der Waals surface area contributed by atoms with Gasteiger partial charge in [0.05, 0.1) is 13.0 Å². The van der Waals surface area contributed by atoms with Gasteiger partial charge in [-0.1, -0.05) is 30.3 Å². The Labute approximate surface area is 114 Å². The van der Waals surface area contributed by atoms with E-state index in [4.69, 9.17) is 4.74 Å². The van der Waals surface area contributed by atoms with Gasteiger partial charge >= 0.3 is 0 Å². The van der Waals surface area contributed by atoms with Gasteiger partial charge in [0.15, 0.2) is 5.78 Å². The Bertz CT molecular complexity index is 421. The molecular weight excluding hydrogens is 242 g/mol. The molecule has 0 unspecified atom stereocenters. The number of carbonyl (C=O) groups is 2. The van der Waals surface area contributed by atoms with Gasteiger partial charge in [-0.05, 0) is 26.3 Å². The fourth-order valence-corrected chi connectivity index (χ4v) is 1.55. The predicted octanol–water partition coefficient (Wildman–Crippen LogP) is 2.08. The highest BCUT2D eigenvalue weighted by Crippen LogP contribution is 2.02. The van der Waals surface area contributed by atoms with Crippen LogP contribution < -0.4 is 5.32 Å². The van der Waals surface area contributed by atoms with Crippen molar-refractivity contribution in [3.63, 3.8) is 0 Å². The number of nitrogens with one attached hydrogen (secondary N) is 1. The number of amides is 1. The third-order valence-corrected chi connectivity index (χ3v) is 2.25. The van der Waals surface area contributed by atoms with Crippen LogP contribution in [-0.2, 0) is 20.9 Å². The van der Waals surface area contributed by atoms with Crippen LogP contribution in [0.3, 0.4) is 0 Å². The summed E-state index contributed by atoms with van der Waals surface area (Å²) in [5, 5.41) is 2.74. The molecule has 0 aliphatic heterocycles. The van der Waals surface area contributed by atoms with Crippen LogP contribution in [0.15, 0.2) is 30.3 Å². The van der Waals surface area contributed by atoms with Gasteiger partial charge in [0.1, 0.15) is 6.61 Å². The quantitative estimate of drug-likeness (QED) is 0.799. The molecule has 0 aliphatic carbocycles. The second-order valence-corrected chi connectivity index (χ2v) is 5.49. The van der Waals surface area contributed by atoms with Crippen molar-refractivity contribution < 1.29 is 14.3 Å². The molecule has 1 aromatic carbocycles. The molecule has 1 rings (SSSR count). The second kappa shape index (κ2) is 7.04. The Morgan fingerprint density at radius 2 is 1.79 bits per heavy atom. The lowest BCUT2D eigenvalue weighted by Gasteiger charge is -2.20. The maximum atomic E-state index is 11.5. The Hall–Kier alpha value is -1.68. The summed E-state index contributed by atoms with van der Waals surface area (Å²) in [6.07, 6.45) is -0.133. The SMILES string of the molecule is CC(C)(C)NC(=O)CC(=O)COCc1ccccc1. The van der Waals surface area contributed by atoms with Crippen LogP contribution in [0.25, 0.3) is 0 Å². The average molecular weight is 263 g/mol. The van der Waals surface area contributed by atoms with Crippen molar-refractivity contribution in [1.82, 2.24) is 5.32 Å². The van der Waals surface area contributed by atoms with Gasteiger partial charge in [-0.15, -0.1) is 0 Å². The first-order valence-electron chi connectivity index (χ1n) is 6.31. The van der Waals surface area contributed by atoms with E-state index in [0.717, 1.165) is 5.56 Å². The minimum Gasteiger partial charge on any atom is -0.369 e. The molecule has 0 saturated carbocycles. The van der Waals surface area contributed by atoms with E-state index >= 15 is 0 Å². The van der Waals surface area contributed by atoms with Gasteiger partial charge in [-0.3, -0.25) is 9.59 Å². The third kappa shape index (κ3) is 7.36. The monoisotopic (exact) mass is 263 g/mol. The van der Waals surface area contributed by atoms with E-state index in [1.54, 1.807) is 0 Å². The number of ether oxygens (including phenoxy) is 1. The van der Waals surface area contributed by atoms with Crippen LogP contribution >= 0.6 is 0 Å². The van der Waals surface area contributed by atoms with Crippen LogP contribution in [0.2, 0.25) is 0 Å². The summed E-state index contributed by atoms with van der Waals surface area (Å²) in [5.74, 6) is -0.474. The van der Waals surface area contributed by atoms with E-state index in [1.807, 2.05) is 51.1 Å². The lowest BCUT2D eigenvalue weighted by molar-refractivity contribution is -0.131. The highest BCUT2D eigenvalue weighted by Gasteiger charge is 2.16. The summed E-state index contributed by atoms with van der Waals surface area (Å²) in [5.41, 5.74) is 0.692. The Kier molecular flexibility index (Phi) is 5.70. The largest absolute Gasteiger partial charge is 0.369 e. The molecule has 0 atom stereocenters. The maximum Gasteiger partial charge on any atom is 0.227 e. The van der Waals surface area contributed by atoms with Gasteiger partial charge in [0.25, 0.3) is 0 Å². The molecule has 1 amide bonds. The Morgan fingerprint density at radius 1 is 1.16 bits per heavy atom. The van der Waals surface area contributed by atoms with E-state index in [1.165, 1.54) is 0 Å². The number of ketones is 1. The molecule has 0 bridgehead atoms. The van der Waals surface area contributed by atoms with Gasteiger partial charge in [-0.2, -0.15) is 0 Å². The first-order valence-corrected chi connectivity index (χ1v) is 6.31. The van der Waals surface area contributed by atoms with E-state index < -0.39 is 0 Å². The fraction of sp³-hybridized carbons (Fsp3) is 0.467. The molecule has 1 N–H and O–H groups in total. The van der Waals surface area contributed by atoms with Crippen molar-refractivity contribution in [2.45, 2.75) is 39.3 Å². The summed E-state index contributed by atoms with van der Waals surface area (Å²) in [6, 6.07) is 9.60. The van der Waals surface area contributed by atoms with Crippen LogP contribution in [-0.4, -0.2) is 23.8 Å². The molecule has 4 nitrogen and oxygen atoms in total. The molecule has 19 heavy (non-hydrogen) atoms. The lowest BCUT2D eigenvalue weighted by Crippen LogP contribution is -2.41. The second-order valence-electron chi connectivity index (χ2n) is 5.49. The molecule has 0 saturated heterocycles. The van der Waals surface area contributed by atoms with E-state index in [0.29, 0.717) is 6.61 Å². The number of hydrogen-bond acceptors (Lipinski definition) is 3. The number of Topliss-reactive ketones (excluding diaryl/α,β-unsaturated/α-hetero) is 1. The van der Waals surface area contributed by atoms with Crippen molar-refractivity contribution in [3.05, 3.63) is 35.9 Å². The minimum atomic E-state index is -0.317. The van der Waals surface area contributed by atoms with Crippen molar-refractivity contribution >= 4 is 11.7 Å². The normalized spacial score (nSPS) is 11.1. The molecule has 0 aromatic heterocycles. The molecule has 0 fully saturated rings. The number of hydrogen-bond donors (Lipinski definition) is 1. The average Bonchev–Trinajstić information content (AvgIpc) is 2.27. The summed E-state index contributed by atoms with van der Waals surface area (Å²) in [4.78, 5) is 23.1. The summed E-state index contributed by atoms with van der Waals surface area (Å²) in [6.45, 7) is 5.98. The molecule has 4 heteroatoms. The van der Waals surface area contributed by atoms with Crippen LogP contribution in [0.4, 0.5) is 0 Å². The Balaban J connectivity index is 2.23. The fourth-order valence-electron chi connectivity index (χ4n) is 1.55. The highest BCUT2D eigenvalue weighted by atomic mass is 16.5. The summed E-state index contributed by atoms with van der Waals surface area (Å²) < 4.78 is 5.28. The highest BCUT2D eigenvalue weighted by molar-refractivity contribution is 5.98. The first kappa shape index (κ1) is 15.4. The standard InChI is InChI=1S/C15H21NO3/c1-15(2,3)16-14(18)9-13(17)11-19-10-12-7-5-4-6-8-12/h4-8H,9-11H2,1-3H3,(H,16,18). The van der Waals surface area contributed by atoms with Gasteiger partial charge < -0.3 is 10.1 Å².